The topological polar surface area (TPSA) is 62.6 Å². The van der Waals surface area contributed by atoms with Gasteiger partial charge in [-0.1, -0.05) is 35.9 Å². The lowest BCUT2D eigenvalue weighted by Gasteiger charge is -2.19. The van der Waals surface area contributed by atoms with E-state index < -0.39 is 0 Å². The molecule has 0 bridgehead atoms. The molecule has 1 N–H and O–H groups in total. The van der Waals surface area contributed by atoms with Crippen molar-refractivity contribution in [3.63, 3.8) is 0 Å². The lowest BCUT2D eigenvalue weighted by molar-refractivity contribution is 0.0965. The molecule has 0 saturated carbocycles. The molecule has 0 atom stereocenters. The quantitative estimate of drug-likeness (QED) is 0.613. The molecule has 0 aliphatic rings. The highest BCUT2D eigenvalue weighted by molar-refractivity contribution is 9.10. The monoisotopic (exact) mass is 432 g/mol. The fourth-order valence-corrected chi connectivity index (χ4v) is 2.90. The largest absolute Gasteiger partial charge is 0.444 e. The Hall–Kier alpha value is -2.57. The van der Waals surface area contributed by atoms with Crippen molar-refractivity contribution in [1.82, 2.24) is 0 Å². The maximum Gasteiger partial charge on any atom is 0.293 e. The van der Waals surface area contributed by atoms with Crippen molar-refractivity contribution in [1.29, 1.82) is 0 Å². The van der Waals surface area contributed by atoms with Crippen LogP contribution in [0.3, 0.4) is 0 Å². The molecule has 0 unspecified atom stereocenters. The zero-order chi connectivity index (χ0) is 18.7. The first kappa shape index (κ1) is 18.2. The van der Waals surface area contributed by atoms with Crippen LogP contribution in [-0.2, 0) is 0 Å². The molecular formula is C19H14BrClN2O3. The summed E-state index contributed by atoms with van der Waals surface area (Å²) in [5, 5.41) is 3.20. The number of anilines is 2. The van der Waals surface area contributed by atoms with Crippen molar-refractivity contribution in [3.05, 3.63) is 81.7 Å². The molecule has 26 heavy (non-hydrogen) atoms. The van der Waals surface area contributed by atoms with Crippen molar-refractivity contribution >= 4 is 50.7 Å². The average Bonchev–Trinajstić information content (AvgIpc) is 3.08. The molecular weight excluding hydrogens is 420 g/mol. The summed E-state index contributed by atoms with van der Waals surface area (Å²) in [4.78, 5) is 26.7. The molecule has 132 valence electrons. The van der Waals surface area contributed by atoms with E-state index in [0.29, 0.717) is 26.6 Å². The number of benzene rings is 2. The number of carbonyl (C=O) groups is 2. The van der Waals surface area contributed by atoms with Crippen LogP contribution < -0.4 is 10.2 Å². The number of furan rings is 1. The van der Waals surface area contributed by atoms with E-state index in [4.69, 9.17) is 16.0 Å². The molecule has 0 fully saturated rings. The minimum Gasteiger partial charge on any atom is -0.444 e. The minimum absolute atomic E-state index is 0.167. The highest BCUT2D eigenvalue weighted by Gasteiger charge is 2.22. The lowest BCUT2D eigenvalue weighted by atomic mass is 10.1. The van der Waals surface area contributed by atoms with Crippen molar-refractivity contribution < 1.29 is 14.0 Å². The Bertz CT molecular complexity index is 971. The summed E-state index contributed by atoms with van der Waals surface area (Å²) >= 11 is 9.27. The van der Waals surface area contributed by atoms with Crippen LogP contribution in [0.4, 0.5) is 11.4 Å². The SMILES string of the molecule is CN(C(=O)c1ccc(Br)o1)c1ccccc1C(=O)Nc1ccccc1Cl. The molecule has 0 aliphatic carbocycles. The van der Waals surface area contributed by atoms with Crippen molar-refractivity contribution in [3.8, 4) is 0 Å². The number of hydrogen-bond acceptors (Lipinski definition) is 3. The summed E-state index contributed by atoms with van der Waals surface area (Å²) in [5.74, 6) is -0.566. The smallest absolute Gasteiger partial charge is 0.293 e. The van der Waals surface area contributed by atoms with E-state index in [1.165, 1.54) is 4.90 Å². The Morgan fingerprint density at radius 1 is 1.04 bits per heavy atom. The highest BCUT2D eigenvalue weighted by Crippen LogP contribution is 2.26. The van der Waals surface area contributed by atoms with Gasteiger partial charge in [0.25, 0.3) is 11.8 Å². The van der Waals surface area contributed by atoms with Gasteiger partial charge in [0.15, 0.2) is 10.4 Å². The maximum atomic E-state index is 12.7. The number of hydrogen-bond donors (Lipinski definition) is 1. The molecule has 2 aromatic carbocycles. The third-order valence-corrected chi connectivity index (χ3v) is 4.48. The number of amides is 2. The zero-order valence-electron chi connectivity index (χ0n) is 13.7. The van der Waals surface area contributed by atoms with E-state index in [2.05, 4.69) is 21.2 Å². The molecule has 5 nitrogen and oxygen atoms in total. The summed E-state index contributed by atoms with van der Waals surface area (Å²) in [6.45, 7) is 0. The molecule has 7 heteroatoms. The standard InChI is InChI=1S/C19H14BrClN2O3/c1-23(19(25)16-10-11-17(20)26-16)15-9-5-2-6-12(15)18(24)22-14-8-4-3-7-13(14)21/h2-11H,1H3,(H,22,24). The number of rotatable bonds is 4. The van der Waals surface area contributed by atoms with Gasteiger partial charge in [0, 0.05) is 7.05 Å². The van der Waals surface area contributed by atoms with Crippen LogP contribution in [0.25, 0.3) is 0 Å². The molecule has 0 aliphatic heterocycles. The van der Waals surface area contributed by atoms with E-state index in [-0.39, 0.29) is 17.6 Å². The van der Waals surface area contributed by atoms with Gasteiger partial charge in [-0.3, -0.25) is 9.59 Å². The first-order chi connectivity index (χ1) is 12.5. The Morgan fingerprint density at radius 2 is 1.73 bits per heavy atom. The number of para-hydroxylation sites is 2. The van der Waals surface area contributed by atoms with Crippen molar-refractivity contribution in [2.24, 2.45) is 0 Å². The summed E-state index contributed by atoms with van der Waals surface area (Å²) in [6.07, 6.45) is 0. The van der Waals surface area contributed by atoms with Crippen molar-refractivity contribution in [2.45, 2.75) is 0 Å². The summed E-state index contributed by atoms with van der Waals surface area (Å²) in [5.41, 5.74) is 1.29. The Labute approximate surface area is 163 Å². The molecule has 2 amide bonds. The van der Waals surface area contributed by atoms with Crippen molar-refractivity contribution in [2.75, 3.05) is 17.3 Å². The van der Waals surface area contributed by atoms with E-state index in [1.54, 1.807) is 67.7 Å². The second-order valence-electron chi connectivity index (χ2n) is 5.42. The van der Waals surface area contributed by atoms with Crippen LogP contribution in [0, 0.1) is 0 Å². The Morgan fingerprint density at radius 3 is 2.42 bits per heavy atom. The van der Waals surface area contributed by atoms with E-state index in [1.807, 2.05) is 0 Å². The highest BCUT2D eigenvalue weighted by atomic mass is 79.9. The predicted octanol–water partition coefficient (Wildman–Crippen LogP) is 5.22. The molecule has 0 radical (unpaired) electrons. The molecule has 3 rings (SSSR count). The van der Waals surface area contributed by atoms with E-state index in [0.717, 1.165) is 0 Å². The van der Waals surface area contributed by atoms with Gasteiger partial charge in [0.1, 0.15) is 0 Å². The first-order valence-electron chi connectivity index (χ1n) is 7.65. The van der Waals surface area contributed by atoms with Crippen LogP contribution in [0.1, 0.15) is 20.9 Å². The predicted molar refractivity (Wildman–Crippen MR) is 105 cm³/mol. The summed E-state index contributed by atoms with van der Waals surface area (Å²) < 4.78 is 5.76. The van der Waals surface area contributed by atoms with Gasteiger partial charge < -0.3 is 14.6 Å². The van der Waals surface area contributed by atoms with E-state index in [9.17, 15) is 9.59 Å². The fraction of sp³-hybridized carbons (Fsp3) is 0.0526. The number of carbonyl (C=O) groups excluding carboxylic acids is 2. The van der Waals surface area contributed by atoms with Gasteiger partial charge in [-0.2, -0.15) is 0 Å². The number of halogens is 2. The zero-order valence-corrected chi connectivity index (χ0v) is 16.0. The third-order valence-electron chi connectivity index (χ3n) is 3.72. The van der Waals surface area contributed by atoms with Crippen LogP contribution >= 0.6 is 27.5 Å². The second kappa shape index (κ2) is 7.76. The lowest BCUT2D eigenvalue weighted by Crippen LogP contribution is -2.28. The number of nitrogens with one attached hydrogen (secondary N) is 1. The molecule has 3 aromatic rings. The van der Waals surface area contributed by atoms with Gasteiger partial charge in [-0.15, -0.1) is 0 Å². The molecule has 1 heterocycles. The van der Waals surface area contributed by atoms with Gasteiger partial charge in [-0.25, -0.2) is 0 Å². The second-order valence-corrected chi connectivity index (χ2v) is 6.61. The maximum absolute atomic E-state index is 12.7. The Kier molecular flexibility index (Phi) is 5.44. The molecule has 1 aromatic heterocycles. The molecule has 0 spiro atoms. The van der Waals surface area contributed by atoms with E-state index >= 15 is 0 Å². The van der Waals surface area contributed by atoms with Crippen LogP contribution in [0.5, 0.6) is 0 Å². The van der Waals surface area contributed by atoms with Gasteiger partial charge >= 0.3 is 0 Å². The third kappa shape index (κ3) is 3.81. The van der Waals surface area contributed by atoms with Gasteiger partial charge in [0.05, 0.1) is 22.0 Å². The van der Waals surface area contributed by atoms with Crippen LogP contribution in [0.15, 0.2) is 69.8 Å². The number of nitrogens with zero attached hydrogens (tertiary/aromatic N) is 1. The fourth-order valence-electron chi connectivity index (χ4n) is 2.41. The average molecular weight is 434 g/mol. The summed E-state index contributed by atoms with van der Waals surface area (Å²) in [7, 11) is 1.58. The Balaban J connectivity index is 1.89. The summed E-state index contributed by atoms with van der Waals surface area (Å²) in [6, 6.07) is 17.0. The van der Waals surface area contributed by atoms with Crippen LogP contribution in [0.2, 0.25) is 5.02 Å². The normalized spacial score (nSPS) is 10.4. The van der Waals surface area contributed by atoms with Gasteiger partial charge in [-0.05, 0) is 52.3 Å². The first-order valence-corrected chi connectivity index (χ1v) is 8.83. The van der Waals surface area contributed by atoms with Gasteiger partial charge in [0.2, 0.25) is 0 Å². The minimum atomic E-state index is -0.367. The van der Waals surface area contributed by atoms with Crippen LogP contribution in [-0.4, -0.2) is 18.9 Å². The molecule has 0 saturated heterocycles.